The van der Waals surface area contributed by atoms with Crippen LogP contribution in [0.1, 0.15) is 12.8 Å². The summed E-state index contributed by atoms with van der Waals surface area (Å²) in [7, 11) is 1.76. The number of hydrogen-bond donors (Lipinski definition) is 2. The van der Waals surface area contributed by atoms with E-state index in [9.17, 15) is 4.79 Å². The Balaban J connectivity index is 1.94. The Hall–Kier alpha value is -2.21. The van der Waals surface area contributed by atoms with Gasteiger partial charge in [-0.05, 0) is 31.0 Å². The third kappa shape index (κ3) is 2.34. The molecule has 6 heteroatoms. The van der Waals surface area contributed by atoms with Gasteiger partial charge in [-0.3, -0.25) is 4.79 Å². The van der Waals surface area contributed by atoms with Gasteiger partial charge < -0.3 is 25.1 Å². The third-order valence-corrected chi connectivity index (χ3v) is 4.92. The van der Waals surface area contributed by atoms with Crippen LogP contribution in [-0.4, -0.2) is 30.4 Å². The van der Waals surface area contributed by atoms with Gasteiger partial charge in [0.1, 0.15) is 0 Å². The molecule has 1 saturated heterocycles. The number of rotatable bonds is 0. The number of ether oxygens (including phenoxy) is 2. The molecular weight excluding hydrogens is 294 g/mol. The average Bonchev–Trinajstić information content (AvgIpc) is 2.53. The number of pyridine rings is 1. The van der Waals surface area contributed by atoms with Crippen molar-refractivity contribution >= 4 is 22.3 Å². The Bertz CT molecular complexity index is 815. The molecule has 0 bridgehead atoms. The number of benzene rings is 1. The zero-order valence-corrected chi connectivity index (χ0v) is 13.2. The first-order valence-corrected chi connectivity index (χ1v) is 8.04. The first-order chi connectivity index (χ1) is 11.1. The highest BCUT2D eigenvalue weighted by molar-refractivity contribution is 5.96. The van der Waals surface area contributed by atoms with Gasteiger partial charge in [0.25, 0.3) is 5.56 Å². The number of nitrogens with zero attached hydrogens (tertiary/aromatic N) is 1. The van der Waals surface area contributed by atoms with Crippen LogP contribution in [0.15, 0.2) is 23.0 Å². The summed E-state index contributed by atoms with van der Waals surface area (Å²) in [5.74, 6) is 0.799. The highest BCUT2D eigenvalue weighted by Crippen LogP contribution is 2.35. The third-order valence-electron chi connectivity index (χ3n) is 4.92. The Morgan fingerprint density at radius 3 is 3.04 bits per heavy atom. The zero-order valence-electron chi connectivity index (χ0n) is 13.2. The standard InChI is InChI=1S/C17H21N3O3/c1-20-14-3-2-11(18)8-12(14)15-16(17(20)21)23-7-4-10-9-22-6-5-13(10)19-15/h2-3,8,10,13,19H,4-7,9,18H2,1H3. The monoisotopic (exact) mass is 315 g/mol. The van der Waals surface area contributed by atoms with Crippen molar-refractivity contribution in [2.24, 2.45) is 13.0 Å². The first-order valence-electron chi connectivity index (χ1n) is 8.04. The number of aryl methyl sites for hydroxylation is 1. The van der Waals surface area contributed by atoms with Crippen LogP contribution in [0.4, 0.5) is 11.4 Å². The highest BCUT2D eigenvalue weighted by atomic mass is 16.5. The molecule has 0 radical (unpaired) electrons. The predicted octanol–water partition coefficient (Wildman–Crippen LogP) is 1.72. The quantitative estimate of drug-likeness (QED) is 0.724. The summed E-state index contributed by atoms with van der Waals surface area (Å²) in [4.78, 5) is 12.7. The summed E-state index contributed by atoms with van der Waals surface area (Å²) >= 11 is 0. The maximum atomic E-state index is 12.7. The molecule has 3 heterocycles. The molecule has 3 N–H and O–H groups in total. The van der Waals surface area contributed by atoms with E-state index in [1.54, 1.807) is 11.6 Å². The van der Waals surface area contributed by atoms with Gasteiger partial charge in [-0.25, -0.2) is 0 Å². The van der Waals surface area contributed by atoms with E-state index in [-0.39, 0.29) is 5.56 Å². The molecule has 1 fully saturated rings. The molecule has 2 unspecified atom stereocenters. The van der Waals surface area contributed by atoms with Crippen LogP contribution in [0.5, 0.6) is 5.75 Å². The highest BCUT2D eigenvalue weighted by Gasteiger charge is 2.30. The topological polar surface area (TPSA) is 78.5 Å². The Kier molecular flexibility index (Phi) is 3.41. The van der Waals surface area contributed by atoms with Crippen molar-refractivity contribution in [3.8, 4) is 5.75 Å². The molecule has 2 atom stereocenters. The molecule has 6 nitrogen and oxygen atoms in total. The number of nitrogens with two attached hydrogens (primary N) is 1. The molecule has 2 aliphatic heterocycles. The van der Waals surface area contributed by atoms with E-state index in [0.717, 1.165) is 42.6 Å². The zero-order chi connectivity index (χ0) is 16.0. The lowest BCUT2D eigenvalue weighted by Gasteiger charge is -2.35. The summed E-state index contributed by atoms with van der Waals surface area (Å²) in [5, 5.41) is 4.49. The minimum Gasteiger partial charge on any atom is -0.486 e. The van der Waals surface area contributed by atoms with Gasteiger partial charge in [-0.15, -0.1) is 0 Å². The Labute approximate surface area is 134 Å². The van der Waals surface area contributed by atoms with Gasteiger partial charge in [0.05, 0.1) is 24.4 Å². The molecule has 2 aromatic rings. The lowest BCUT2D eigenvalue weighted by Crippen LogP contribution is -2.40. The van der Waals surface area contributed by atoms with Crippen molar-refractivity contribution in [3.05, 3.63) is 28.6 Å². The van der Waals surface area contributed by atoms with Gasteiger partial charge in [-0.1, -0.05) is 0 Å². The van der Waals surface area contributed by atoms with Crippen molar-refractivity contribution in [3.63, 3.8) is 0 Å². The second kappa shape index (κ2) is 5.45. The van der Waals surface area contributed by atoms with Gasteiger partial charge in [-0.2, -0.15) is 0 Å². The summed E-state index contributed by atoms with van der Waals surface area (Å²) in [5.41, 5.74) is 8.15. The van der Waals surface area contributed by atoms with E-state index in [0.29, 0.717) is 30.0 Å². The van der Waals surface area contributed by atoms with Crippen LogP contribution >= 0.6 is 0 Å². The Morgan fingerprint density at radius 1 is 1.30 bits per heavy atom. The van der Waals surface area contributed by atoms with Crippen molar-refractivity contribution in [1.82, 2.24) is 4.57 Å². The van der Waals surface area contributed by atoms with Crippen LogP contribution in [0.3, 0.4) is 0 Å². The van der Waals surface area contributed by atoms with E-state index < -0.39 is 0 Å². The summed E-state index contributed by atoms with van der Waals surface area (Å²) in [6.45, 7) is 2.01. The van der Waals surface area contributed by atoms with Crippen molar-refractivity contribution in [1.29, 1.82) is 0 Å². The normalized spacial score (nSPS) is 23.9. The fraction of sp³-hybridized carbons (Fsp3) is 0.471. The fourth-order valence-corrected chi connectivity index (χ4v) is 3.58. The van der Waals surface area contributed by atoms with Crippen LogP contribution in [0.25, 0.3) is 10.9 Å². The molecule has 0 saturated carbocycles. The summed E-state index contributed by atoms with van der Waals surface area (Å²) in [6, 6.07) is 5.90. The van der Waals surface area contributed by atoms with E-state index in [4.69, 9.17) is 15.2 Å². The van der Waals surface area contributed by atoms with Crippen molar-refractivity contribution < 1.29 is 9.47 Å². The molecule has 2 aliphatic rings. The molecular formula is C17H21N3O3. The summed E-state index contributed by atoms with van der Waals surface area (Å²) in [6.07, 6.45) is 1.82. The van der Waals surface area contributed by atoms with Gasteiger partial charge in [0, 0.05) is 36.7 Å². The number of nitrogen functional groups attached to an aromatic ring is 1. The van der Waals surface area contributed by atoms with Crippen LogP contribution in [0, 0.1) is 5.92 Å². The molecule has 1 aromatic heterocycles. The Morgan fingerprint density at radius 2 is 2.17 bits per heavy atom. The van der Waals surface area contributed by atoms with Crippen molar-refractivity contribution in [2.45, 2.75) is 18.9 Å². The summed E-state index contributed by atoms with van der Waals surface area (Å²) < 4.78 is 13.1. The minimum atomic E-state index is -0.115. The van der Waals surface area contributed by atoms with Gasteiger partial charge >= 0.3 is 0 Å². The van der Waals surface area contributed by atoms with Crippen LogP contribution < -0.4 is 21.3 Å². The maximum absolute atomic E-state index is 12.7. The number of fused-ring (bicyclic) bond motifs is 4. The molecule has 0 amide bonds. The molecule has 23 heavy (non-hydrogen) atoms. The van der Waals surface area contributed by atoms with E-state index in [1.165, 1.54) is 0 Å². The SMILES string of the molecule is Cn1c(=O)c2c(c3cc(N)ccc31)NC1CCOCC1CCO2. The maximum Gasteiger partial charge on any atom is 0.295 e. The van der Waals surface area contributed by atoms with Gasteiger partial charge in [0.2, 0.25) is 5.75 Å². The average molecular weight is 315 g/mol. The predicted molar refractivity (Wildman–Crippen MR) is 90.1 cm³/mol. The number of nitrogens with one attached hydrogen (secondary N) is 1. The molecule has 0 spiro atoms. The van der Waals surface area contributed by atoms with Crippen molar-refractivity contribution in [2.75, 3.05) is 30.9 Å². The van der Waals surface area contributed by atoms with E-state index in [2.05, 4.69) is 5.32 Å². The molecule has 0 aliphatic carbocycles. The molecule has 4 rings (SSSR count). The lowest BCUT2D eigenvalue weighted by molar-refractivity contribution is 0.0366. The van der Waals surface area contributed by atoms with E-state index in [1.807, 2.05) is 18.2 Å². The van der Waals surface area contributed by atoms with Crippen LogP contribution in [-0.2, 0) is 11.8 Å². The number of aromatic nitrogens is 1. The lowest BCUT2D eigenvalue weighted by atomic mass is 9.92. The first kappa shape index (κ1) is 14.4. The van der Waals surface area contributed by atoms with Crippen LogP contribution in [0.2, 0.25) is 0 Å². The smallest absolute Gasteiger partial charge is 0.295 e. The largest absolute Gasteiger partial charge is 0.486 e. The number of hydrogen-bond acceptors (Lipinski definition) is 5. The second-order valence-corrected chi connectivity index (χ2v) is 6.36. The second-order valence-electron chi connectivity index (χ2n) is 6.36. The minimum absolute atomic E-state index is 0.115. The fourth-order valence-electron chi connectivity index (χ4n) is 3.58. The number of anilines is 2. The van der Waals surface area contributed by atoms with E-state index >= 15 is 0 Å². The van der Waals surface area contributed by atoms with Gasteiger partial charge in [0.15, 0.2) is 0 Å². The molecule has 122 valence electrons. The molecule has 1 aromatic carbocycles.